The van der Waals surface area contributed by atoms with Gasteiger partial charge in [-0.15, -0.1) is 0 Å². The average molecular weight is 386 g/mol. The minimum absolute atomic E-state index is 0.157. The highest BCUT2D eigenvalue weighted by Crippen LogP contribution is 2.59. The van der Waals surface area contributed by atoms with E-state index < -0.39 is 12.2 Å². The Morgan fingerprint density at radius 1 is 1.43 bits per heavy atom. The second kappa shape index (κ2) is 6.97. The van der Waals surface area contributed by atoms with Gasteiger partial charge in [0, 0.05) is 20.0 Å². The summed E-state index contributed by atoms with van der Waals surface area (Å²) in [5.41, 5.74) is 1.12. The van der Waals surface area contributed by atoms with Gasteiger partial charge in [-0.1, -0.05) is 0 Å². The highest BCUT2D eigenvalue weighted by atomic mass is 19.1. The van der Waals surface area contributed by atoms with Crippen molar-refractivity contribution in [2.45, 2.75) is 32.3 Å². The first kappa shape index (κ1) is 18.5. The number of nitrogens with one attached hydrogen (secondary N) is 1. The maximum Gasteiger partial charge on any atom is 0.414 e. The van der Waals surface area contributed by atoms with E-state index in [1.807, 2.05) is 4.90 Å². The number of anilines is 2. The molecule has 3 fully saturated rings. The third kappa shape index (κ3) is 3.37. The third-order valence-corrected chi connectivity index (χ3v) is 6.14. The molecule has 1 aliphatic carbocycles. The van der Waals surface area contributed by atoms with Crippen LogP contribution in [0.3, 0.4) is 0 Å². The van der Waals surface area contributed by atoms with Gasteiger partial charge in [0.2, 0.25) is 5.91 Å². The molecular formula is C20H23FN4O3. The van der Waals surface area contributed by atoms with Crippen LogP contribution in [0.15, 0.2) is 18.2 Å². The molecule has 0 aromatic heterocycles. The van der Waals surface area contributed by atoms with Crippen LogP contribution < -0.4 is 15.1 Å². The van der Waals surface area contributed by atoms with E-state index in [9.17, 15) is 14.0 Å². The van der Waals surface area contributed by atoms with Crippen molar-refractivity contribution in [2.75, 3.05) is 36.0 Å². The summed E-state index contributed by atoms with van der Waals surface area (Å²) in [4.78, 5) is 26.5. The van der Waals surface area contributed by atoms with Gasteiger partial charge in [-0.3, -0.25) is 9.69 Å². The molecule has 0 bridgehead atoms. The molecule has 2 aliphatic heterocycles. The molecule has 2 atom stereocenters. The van der Waals surface area contributed by atoms with Gasteiger partial charge in [0.1, 0.15) is 11.9 Å². The van der Waals surface area contributed by atoms with E-state index in [2.05, 4.69) is 11.4 Å². The summed E-state index contributed by atoms with van der Waals surface area (Å²) in [6.07, 6.45) is 1.80. The Kier molecular flexibility index (Phi) is 4.61. The van der Waals surface area contributed by atoms with Crippen LogP contribution in [0.25, 0.3) is 0 Å². The molecule has 28 heavy (non-hydrogen) atoms. The Balaban J connectivity index is 1.40. The van der Waals surface area contributed by atoms with Gasteiger partial charge < -0.3 is 15.0 Å². The minimum atomic E-state index is -0.543. The Morgan fingerprint density at radius 2 is 2.18 bits per heavy atom. The van der Waals surface area contributed by atoms with Gasteiger partial charge in [-0.05, 0) is 42.9 Å². The Bertz CT molecular complexity index is 844. The van der Waals surface area contributed by atoms with E-state index in [1.165, 1.54) is 17.9 Å². The highest BCUT2D eigenvalue weighted by Gasteiger charge is 2.55. The molecule has 1 spiro atoms. The van der Waals surface area contributed by atoms with Crippen LogP contribution in [-0.2, 0) is 9.53 Å². The predicted octanol–water partition coefficient (Wildman–Crippen LogP) is 2.42. The van der Waals surface area contributed by atoms with Crippen LogP contribution in [-0.4, -0.2) is 44.3 Å². The number of piperidine rings is 1. The zero-order valence-corrected chi connectivity index (χ0v) is 15.8. The maximum atomic E-state index is 14.8. The van der Waals surface area contributed by atoms with E-state index in [1.54, 1.807) is 12.1 Å². The first-order valence-electron chi connectivity index (χ1n) is 9.58. The monoisotopic (exact) mass is 386 g/mol. The van der Waals surface area contributed by atoms with Crippen LogP contribution in [0.4, 0.5) is 20.6 Å². The van der Waals surface area contributed by atoms with Gasteiger partial charge in [-0.2, -0.15) is 5.26 Å². The number of amides is 2. The normalized spacial score (nSPS) is 25.4. The molecule has 1 saturated carbocycles. The number of carbonyl (C=O) groups excluding carboxylic acids is 2. The second-order valence-electron chi connectivity index (χ2n) is 7.92. The van der Waals surface area contributed by atoms with Crippen molar-refractivity contribution in [3.8, 4) is 6.07 Å². The summed E-state index contributed by atoms with van der Waals surface area (Å²) in [6.45, 7) is 3.36. The zero-order valence-electron chi connectivity index (χ0n) is 15.8. The quantitative estimate of drug-likeness (QED) is 0.859. The van der Waals surface area contributed by atoms with Crippen molar-refractivity contribution in [1.29, 1.82) is 5.26 Å². The molecule has 7 nitrogen and oxygen atoms in total. The van der Waals surface area contributed by atoms with Crippen LogP contribution in [0.1, 0.15) is 26.2 Å². The first-order valence-corrected chi connectivity index (χ1v) is 9.58. The molecule has 2 amide bonds. The number of hydrogen-bond donors (Lipinski definition) is 1. The van der Waals surface area contributed by atoms with E-state index in [4.69, 9.17) is 10.00 Å². The number of cyclic esters (lactones) is 1. The Labute approximate surface area is 163 Å². The number of nitriles is 1. The lowest BCUT2D eigenvalue weighted by Crippen LogP contribution is -2.35. The SMILES string of the molecule is CC(=O)NC[C@H]1CN(c2ccc(N3CCC4(CC3)CC4C#N)c(F)c2)C(=O)O1. The summed E-state index contributed by atoms with van der Waals surface area (Å²) in [6, 6.07) is 7.14. The Morgan fingerprint density at radius 3 is 2.79 bits per heavy atom. The fraction of sp³-hybridized carbons (Fsp3) is 0.550. The van der Waals surface area contributed by atoms with Gasteiger partial charge in [0.25, 0.3) is 0 Å². The first-order chi connectivity index (χ1) is 13.4. The lowest BCUT2D eigenvalue weighted by atomic mass is 9.91. The van der Waals surface area contributed by atoms with Crippen molar-refractivity contribution in [1.82, 2.24) is 5.32 Å². The molecule has 1 unspecified atom stereocenters. The molecule has 3 aliphatic rings. The van der Waals surface area contributed by atoms with Gasteiger partial charge >= 0.3 is 6.09 Å². The fourth-order valence-electron chi connectivity index (χ4n) is 4.29. The summed E-state index contributed by atoms with van der Waals surface area (Å²) in [7, 11) is 0. The largest absolute Gasteiger partial charge is 0.442 e. The summed E-state index contributed by atoms with van der Waals surface area (Å²) in [5, 5.41) is 11.7. The summed E-state index contributed by atoms with van der Waals surface area (Å²) < 4.78 is 20.0. The average Bonchev–Trinajstić information content (AvgIpc) is 3.22. The molecule has 1 aromatic rings. The molecule has 8 heteroatoms. The van der Waals surface area contributed by atoms with E-state index in [-0.39, 0.29) is 36.1 Å². The van der Waals surface area contributed by atoms with Gasteiger partial charge in [0.15, 0.2) is 0 Å². The molecule has 0 radical (unpaired) electrons. The predicted molar refractivity (Wildman–Crippen MR) is 100 cm³/mol. The topological polar surface area (TPSA) is 85.7 Å². The van der Waals surface area contributed by atoms with Crippen molar-refractivity contribution in [2.24, 2.45) is 11.3 Å². The number of hydrogen-bond acceptors (Lipinski definition) is 5. The summed E-state index contributed by atoms with van der Waals surface area (Å²) >= 11 is 0. The molecule has 1 aromatic carbocycles. The number of benzene rings is 1. The van der Waals surface area contributed by atoms with Crippen molar-refractivity contribution < 1.29 is 18.7 Å². The summed E-state index contributed by atoms with van der Waals surface area (Å²) in [5.74, 6) is -0.409. The number of nitrogens with zero attached hydrogens (tertiary/aromatic N) is 3. The number of ether oxygens (including phenoxy) is 1. The third-order valence-electron chi connectivity index (χ3n) is 6.14. The molecule has 2 heterocycles. The highest BCUT2D eigenvalue weighted by molar-refractivity contribution is 5.90. The molecule has 1 N–H and O–H groups in total. The van der Waals surface area contributed by atoms with Crippen LogP contribution in [0.5, 0.6) is 0 Å². The van der Waals surface area contributed by atoms with E-state index in [0.29, 0.717) is 11.4 Å². The van der Waals surface area contributed by atoms with Crippen molar-refractivity contribution in [3.05, 3.63) is 24.0 Å². The van der Waals surface area contributed by atoms with Crippen LogP contribution >= 0.6 is 0 Å². The van der Waals surface area contributed by atoms with E-state index in [0.717, 1.165) is 32.4 Å². The van der Waals surface area contributed by atoms with Crippen molar-refractivity contribution >= 4 is 23.4 Å². The second-order valence-corrected chi connectivity index (χ2v) is 7.92. The Hall–Kier alpha value is -2.82. The maximum absolute atomic E-state index is 14.8. The lowest BCUT2D eigenvalue weighted by Gasteiger charge is -2.34. The van der Waals surface area contributed by atoms with Gasteiger partial charge in [-0.25, -0.2) is 9.18 Å². The number of halogens is 1. The lowest BCUT2D eigenvalue weighted by molar-refractivity contribution is -0.119. The number of rotatable bonds is 4. The molecule has 2 saturated heterocycles. The van der Waals surface area contributed by atoms with Crippen LogP contribution in [0, 0.1) is 28.5 Å². The molecule has 148 valence electrons. The fourth-order valence-corrected chi connectivity index (χ4v) is 4.29. The smallest absolute Gasteiger partial charge is 0.414 e. The molecular weight excluding hydrogens is 363 g/mol. The van der Waals surface area contributed by atoms with E-state index >= 15 is 0 Å². The van der Waals surface area contributed by atoms with Crippen LogP contribution in [0.2, 0.25) is 0 Å². The number of carbonyl (C=O) groups is 2. The van der Waals surface area contributed by atoms with Gasteiger partial charge in [0.05, 0.1) is 36.5 Å². The standard InChI is InChI=1S/C20H23FN4O3/c1-13(26)23-11-16-12-25(19(27)28-16)15-2-3-18(17(21)8-15)24-6-4-20(5-7-24)9-14(20)10-22/h2-3,8,14,16H,4-7,9,11-12H2,1H3,(H,23,26)/t14?,16-/m0/s1. The minimum Gasteiger partial charge on any atom is -0.442 e. The molecule has 4 rings (SSSR count). The van der Waals surface area contributed by atoms with Crippen molar-refractivity contribution in [3.63, 3.8) is 0 Å². The zero-order chi connectivity index (χ0) is 19.9.